The highest BCUT2D eigenvalue weighted by atomic mass is 35.5. The predicted octanol–water partition coefficient (Wildman–Crippen LogP) is 6.38. The molecule has 0 bridgehead atoms. The van der Waals surface area contributed by atoms with Crippen LogP contribution in [0.3, 0.4) is 0 Å². The maximum absolute atomic E-state index is 12.8. The number of rotatable bonds is 7. The van der Waals surface area contributed by atoms with Gasteiger partial charge in [-0.15, -0.1) is 0 Å². The molecule has 7 heteroatoms. The fourth-order valence-corrected chi connectivity index (χ4v) is 3.68. The van der Waals surface area contributed by atoms with Crippen LogP contribution in [-0.4, -0.2) is 15.7 Å². The summed E-state index contributed by atoms with van der Waals surface area (Å²) in [6, 6.07) is 22.6. The number of ether oxygens (including phenoxy) is 1. The monoisotopic (exact) mass is 465 g/mol. The molecule has 1 amide bonds. The van der Waals surface area contributed by atoms with Gasteiger partial charge in [0.05, 0.1) is 6.54 Å². The van der Waals surface area contributed by atoms with E-state index >= 15 is 0 Å². The van der Waals surface area contributed by atoms with Crippen molar-refractivity contribution in [2.24, 2.45) is 0 Å². The fourth-order valence-electron chi connectivity index (χ4n) is 3.25. The van der Waals surface area contributed by atoms with E-state index in [1.54, 1.807) is 29.1 Å². The third kappa shape index (κ3) is 5.49. The summed E-state index contributed by atoms with van der Waals surface area (Å²) in [5.41, 5.74) is 3.40. The van der Waals surface area contributed by atoms with Gasteiger partial charge in [-0.25, -0.2) is 0 Å². The number of halogens is 2. The molecule has 0 saturated heterocycles. The van der Waals surface area contributed by atoms with Gasteiger partial charge in [0.1, 0.15) is 17.4 Å². The summed E-state index contributed by atoms with van der Waals surface area (Å²) < 4.78 is 7.58. The van der Waals surface area contributed by atoms with Crippen molar-refractivity contribution in [2.45, 2.75) is 20.1 Å². The summed E-state index contributed by atoms with van der Waals surface area (Å²) in [5.74, 6) is 0.785. The predicted molar refractivity (Wildman–Crippen MR) is 128 cm³/mol. The summed E-state index contributed by atoms with van der Waals surface area (Å²) in [7, 11) is 0. The third-order valence-electron chi connectivity index (χ3n) is 4.86. The fraction of sp³-hybridized carbons (Fsp3) is 0.120. The molecular formula is C25H21Cl2N3O2. The largest absolute Gasteiger partial charge is 0.489 e. The van der Waals surface area contributed by atoms with Crippen molar-refractivity contribution in [1.29, 1.82) is 0 Å². The minimum absolute atomic E-state index is 0.290. The Kier molecular flexibility index (Phi) is 6.78. The van der Waals surface area contributed by atoms with E-state index in [0.29, 0.717) is 34.6 Å². The summed E-state index contributed by atoms with van der Waals surface area (Å²) >= 11 is 12.3. The lowest BCUT2D eigenvalue weighted by Gasteiger charge is -2.10. The second kappa shape index (κ2) is 9.90. The van der Waals surface area contributed by atoms with E-state index in [2.05, 4.69) is 10.4 Å². The first kappa shape index (κ1) is 21.9. The molecule has 0 aliphatic heterocycles. The number of hydrogen-bond acceptors (Lipinski definition) is 3. The zero-order valence-electron chi connectivity index (χ0n) is 17.4. The lowest BCUT2D eigenvalue weighted by atomic mass is 10.1. The number of aryl methyl sites for hydroxylation is 1. The van der Waals surface area contributed by atoms with Crippen LogP contribution in [-0.2, 0) is 13.2 Å². The number of carbonyl (C=O) groups excluding carboxylic acids is 1. The summed E-state index contributed by atoms with van der Waals surface area (Å²) in [5, 5.41) is 8.24. The van der Waals surface area contributed by atoms with Crippen molar-refractivity contribution in [3.05, 3.63) is 111 Å². The molecule has 4 rings (SSSR count). The highest BCUT2D eigenvalue weighted by Crippen LogP contribution is 2.24. The highest BCUT2D eigenvalue weighted by Gasteiger charge is 2.13. The van der Waals surface area contributed by atoms with Crippen LogP contribution in [0.15, 0.2) is 79.0 Å². The van der Waals surface area contributed by atoms with Gasteiger partial charge in [-0.1, -0.05) is 65.7 Å². The van der Waals surface area contributed by atoms with Crippen LogP contribution in [0.25, 0.3) is 0 Å². The van der Waals surface area contributed by atoms with E-state index in [1.165, 1.54) is 0 Å². The molecule has 1 heterocycles. The number of nitrogens with zero attached hydrogens (tertiary/aromatic N) is 2. The van der Waals surface area contributed by atoms with Crippen LogP contribution >= 0.6 is 23.2 Å². The average molecular weight is 466 g/mol. The number of hydrogen-bond donors (Lipinski definition) is 1. The van der Waals surface area contributed by atoms with Gasteiger partial charge in [0, 0.05) is 16.8 Å². The van der Waals surface area contributed by atoms with E-state index in [0.717, 1.165) is 22.4 Å². The second-order valence-electron chi connectivity index (χ2n) is 7.36. The molecule has 1 aromatic heterocycles. The first-order chi connectivity index (χ1) is 15.5. The molecule has 32 heavy (non-hydrogen) atoms. The van der Waals surface area contributed by atoms with E-state index < -0.39 is 0 Å². The van der Waals surface area contributed by atoms with Crippen LogP contribution in [0.4, 0.5) is 5.82 Å². The van der Waals surface area contributed by atoms with Gasteiger partial charge >= 0.3 is 0 Å². The minimum Gasteiger partial charge on any atom is -0.489 e. The Balaban J connectivity index is 1.41. The summed E-state index contributed by atoms with van der Waals surface area (Å²) in [6.45, 7) is 2.83. The van der Waals surface area contributed by atoms with Crippen LogP contribution < -0.4 is 10.1 Å². The van der Waals surface area contributed by atoms with Gasteiger partial charge in [0.15, 0.2) is 5.82 Å². The first-order valence-electron chi connectivity index (χ1n) is 10.0. The Morgan fingerprint density at radius 1 is 1.00 bits per heavy atom. The van der Waals surface area contributed by atoms with Crippen LogP contribution in [0, 0.1) is 6.92 Å². The Hall–Kier alpha value is -3.28. The van der Waals surface area contributed by atoms with Crippen molar-refractivity contribution in [3.8, 4) is 5.75 Å². The van der Waals surface area contributed by atoms with Crippen molar-refractivity contribution in [3.63, 3.8) is 0 Å². The smallest absolute Gasteiger partial charge is 0.256 e. The van der Waals surface area contributed by atoms with Crippen molar-refractivity contribution >= 4 is 34.9 Å². The number of nitrogens with one attached hydrogen (secondary N) is 1. The van der Waals surface area contributed by atoms with E-state index in [-0.39, 0.29) is 5.91 Å². The van der Waals surface area contributed by atoms with Crippen LogP contribution in [0.2, 0.25) is 10.0 Å². The molecule has 0 fully saturated rings. The molecule has 0 radical (unpaired) electrons. The summed E-state index contributed by atoms with van der Waals surface area (Å²) in [4.78, 5) is 12.8. The van der Waals surface area contributed by atoms with E-state index in [1.807, 2.05) is 61.5 Å². The standard InChI is InChI=1S/C25H21Cl2N3O2/c1-17-12-21(26)10-11-23(17)32-16-19-8-5-9-20(13-19)25(31)28-24-22(27)15-30(29-24)14-18-6-3-2-4-7-18/h2-13,15H,14,16H2,1H3,(H,28,29,31). The van der Waals surface area contributed by atoms with Crippen molar-refractivity contribution in [1.82, 2.24) is 9.78 Å². The topological polar surface area (TPSA) is 56.1 Å². The molecule has 5 nitrogen and oxygen atoms in total. The molecule has 0 unspecified atom stereocenters. The molecule has 0 aliphatic rings. The molecule has 162 valence electrons. The molecule has 3 aromatic carbocycles. The highest BCUT2D eigenvalue weighted by molar-refractivity contribution is 6.33. The Bertz CT molecular complexity index is 1240. The molecule has 0 spiro atoms. The molecule has 0 aliphatic carbocycles. The summed E-state index contributed by atoms with van der Waals surface area (Å²) in [6.07, 6.45) is 1.70. The number of carbonyl (C=O) groups is 1. The number of amides is 1. The SMILES string of the molecule is Cc1cc(Cl)ccc1OCc1cccc(C(=O)Nc2nn(Cc3ccccc3)cc2Cl)c1. The van der Waals surface area contributed by atoms with E-state index in [9.17, 15) is 4.79 Å². The maximum atomic E-state index is 12.8. The normalized spacial score (nSPS) is 10.7. The quantitative estimate of drug-likeness (QED) is 0.344. The van der Waals surface area contributed by atoms with E-state index in [4.69, 9.17) is 27.9 Å². The third-order valence-corrected chi connectivity index (χ3v) is 5.37. The number of aromatic nitrogens is 2. The lowest BCUT2D eigenvalue weighted by Crippen LogP contribution is -2.13. The first-order valence-corrected chi connectivity index (χ1v) is 10.8. The van der Waals surface area contributed by atoms with Gasteiger partial charge in [0.25, 0.3) is 5.91 Å². The van der Waals surface area contributed by atoms with Crippen LogP contribution in [0.5, 0.6) is 5.75 Å². The molecule has 4 aromatic rings. The lowest BCUT2D eigenvalue weighted by molar-refractivity contribution is 0.102. The van der Waals surface area contributed by atoms with Gasteiger partial charge < -0.3 is 10.1 Å². The Morgan fingerprint density at radius 2 is 1.78 bits per heavy atom. The van der Waals surface area contributed by atoms with Gasteiger partial charge in [-0.05, 0) is 53.9 Å². The Morgan fingerprint density at radius 3 is 2.56 bits per heavy atom. The van der Waals surface area contributed by atoms with Crippen LogP contribution in [0.1, 0.15) is 27.0 Å². The zero-order valence-corrected chi connectivity index (χ0v) is 18.9. The minimum atomic E-state index is -0.290. The molecule has 0 atom stereocenters. The number of anilines is 1. The van der Waals surface area contributed by atoms with Gasteiger partial charge in [0.2, 0.25) is 0 Å². The van der Waals surface area contributed by atoms with Gasteiger partial charge in [-0.3, -0.25) is 9.48 Å². The number of benzene rings is 3. The molecule has 0 saturated carbocycles. The van der Waals surface area contributed by atoms with Gasteiger partial charge in [-0.2, -0.15) is 5.10 Å². The molecular weight excluding hydrogens is 445 g/mol. The second-order valence-corrected chi connectivity index (χ2v) is 8.21. The molecule has 1 N–H and O–H groups in total. The van der Waals surface area contributed by atoms with Crippen molar-refractivity contribution < 1.29 is 9.53 Å². The maximum Gasteiger partial charge on any atom is 0.256 e. The average Bonchev–Trinajstić information content (AvgIpc) is 3.12. The Labute approximate surface area is 196 Å². The van der Waals surface area contributed by atoms with Crippen molar-refractivity contribution in [2.75, 3.05) is 5.32 Å². The zero-order chi connectivity index (χ0) is 22.5.